The number of hydrogen-bond acceptors (Lipinski definition) is 2. The minimum Gasteiger partial charge on any atom is -0.270 e. The molecule has 1 aliphatic rings. The van der Waals surface area contributed by atoms with Crippen molar-refractivity contribution in [2.45, 2.75) is 59.4 Å². The van der Waals surface area contributed by atoms with Crippen molar-refractivity contribution in [2.24, 2.45) is 11.3 Å². The molecule has 98 valence electrons. The van der Waals surface area contributed by atoms with Gasteiger partial charge in [-0.2, -0.15) is 10.4 Å². The van der Waals surface area contributed by atoms with Crippen molar-refractivity contribution in [1.82, 2.24) is 9.78 Å². The van der Waals surface area contributed by atoms with Crippen LogP contribution in [0.15, 0.2) is 6.07 Å². The smallest absolute Gasteiger partial charge is 0.0693 e. The van der Waals surface area contributed by atoms with Crippen molar-refractivity contribution in [3.63, 3.8) is 0 Å². The van der Waals surface area contributed by atoms with Crippen molar-refractivity contribution >= 4 is 0 Å². The SMILES string of the molecule is CCc1cc(CC2(C#N)CCC(C)C2)n(CC)n1. The first kappa shape index (κ1) is 13.1. The highest BCUT2D eigenvalue weighted by Gasteiger charge is 2.38. The summed E-state index contributed by atoms with van der Waals surface area (Å²) in [5.41, 5.74) is 2.24. The van der Waals surface area contributed by atoms with Crippen molar-refractivity contribution in [1.29, 1.82) is 5.26 Å². The molecule has 3 nitrogen and oxygen atoms in total. The molecule has 0 N–H and O–H groups in total. The van der Waals surface area contributed by atoms with Crippen LogP contribution in [-0.4, -0.2) is 9.78 Å². The van der Waals surface area contributed by atoms with E-state index in [2.05, 4.69) is 42.7 Å². The Kier molecular flexibility index (Phi) is 3.75. The molecule has 2 rings (SSSR count). The monoisotopic (exact) mass is 245 g/mol. The molecule has 0 bridgehead atoms. The van der Waals surface area contributed by atoms with Gasteiger partial charge in [0.15, 0.2) is 0 Å². The standard InChI is InChI=1S/C15H23N3/c1-4-13-8-14(18(5-2)17-13)10-15(11-16)7-6-12(3)9-15/h8,12H,4-7,9-10H2,1-3H3. The van der Waals surface area contributed by atoms with Gasteiger partial charge < -0.3 is 0 Å². The molecule has 0 amide bonds. The maximum atomic E-state index is 9.54. The molecule has 2 atom stereocenters. The third-order valence-electron chi connectivity index (χ3n) is 4.19. The topological polar surface area (TPSA) is 41.6 Å². The Morgan fingerprint density at radius 2 is 2.33 bits per heavy atom. The van der Waals surface area contributed by atoms with Crippen molar-refractivity contribution in [2.75, 3.05) is 0 Å². The van der Waals surface area contributed by atoms with Crippen LogP contribution >= 0.6 is 0 Å². The summed E-state index contributed by atoms with van der Waals surface area (Å²) in [6.07, 6.45) is 5.11. The van der Waals surface area contributed by atoms with E-state index in [1.807, 2.05) is 0 Å². The summed E-state index contributed by atoms with van der Waals surface area (Å²) >= 11 is 0. The number of aryl methyl sites for hydroxylation is 2. The molecule has 1 heterocycles. The van der Waals surface area contributed by atoms with Crippen LogP contribution in [0.4, 0.5) is 0 Å². The molecule has 0 spiro atoms. The lowest BCUT2D eigenvalue weighted by Gasteiger charge is -2.20. The van der Waals surface area contributed by atoms with Crippen LogP contribution in [0.2, 0.25) is 0 Å². The Bertz CT molecular complexity index is 455. The summed E-state index contributed by atoms with van der Waals surface area (Å²) in [4.78, 5) is 0. The molecule has 1 aromatic heterocycles. The Morgan fingerprint density at radius 3 is 2.83 bits per heavy atom. The lowest BCUT2D eigenvalue weighted by atomic mass is 9.82. The summed E-state index contributed by atoms with van der Waals surface area (Å²) in [6.45, 7) is 7.40. The molecule has 3 heteroatoms. The molecule has 0 saturated heterocycles. The number of nitrogens with zero attached hydrogens (tertiary/aromatic N) is 3. The molecular formula is C15H23N3. The highest BCUT2D eigenvalue weighted by Crippen LogP contribution is 2.43. The Balaban J connectivity index is 2.22. The Labute approximate surface area is 110 Å². The van der Waals surface area contributed by atoms with Crippen LogP contribution < -0.4 is 0 Å². The first-order valence-electron chi connectivity index (χ1n) is 7.09. The molecular weight excluding hydrogens is 222 g/mol. The lowest BCUT2D eigenvalue weighted by molar-refractivity contribution is 0.377. The third-order valence-corrected chi connectivity index (χ3v) is 4.19. The average Bonchev–Trinajstić information content (AvgIpc) is 2.94. The van der Waals surface area contributed by atoms with E-state index in [0.717, 1.165) is 37.9 Å². The van der Waals surface area contributed by atoms with E-state index < -0.39 is 0 Å². The average molecular weight is 245 g/mol. The molecule has 0 aromatic carbocycles. The van der Waals surface area contributed by atoms with Gasteiger partial charge in [0.25, 0.3) is 0 Å². The van der Waals surface area contributed by atoms with Crippen LogP contribution in [0.1, 0.15) is 51.4 Å². The minimum absolute atomic E-state index is 0.141. The summed E-state index contributed by atoms with van der Waals surface area (Å²) in [7, 11) is 0. The van der Waals surface area contributed by atoms with Crippen molar-refractivity contribution in [3.8, 4) is 6.07 Å². The second-order valence-electron chi connectivity index (χ2n) is 5.71. The number of nitriles is 1. The zero-order chi connectivity index (χ0) is 13.2. The summed E-state index contributed by atoms with van der Waals surface area (Å²) in [5, 5.41) is 14.1. The first-order valence-corrected chi connectivity index (χ1v) is 7.09. The van der Waals surface area contributed by atoms with E-state index in [4.69, 9.17) is 0 Å². The van der Waals surface area contributed by atoms with E-state index in [9.17, 15) is 5.26 Å². The largest absolute Gasteiger partial charge is 0.270 e. The van der Waals surface area contributed by atoms with Gasteiger partial charge in [-0.25, -0.2) is 0 Å². The van der Waals surface area contributed by atoms with Gasteiger partial charge in [0.1, 0.15) is 0 Å². The maximum absolute atomic E-state index is 9.54. The second kappa shape index (κ2) is 5.14. The van der Waals surface area contributed by atoms with Gasteiger partial charge in [-0.3, -0.25) is 4.68 Å². The predicted molar refractivity (Wildman–Crippen MR) is 72.0 cm³/mol. The zero-order valence-electron chi connectivity index (χ0n) is 11.7. The molecule has 2 unspecified atom stereocenters. The van der Waals surface area contributed by atoms with E-state index in [1.165, 1.54) is 12.1 Å². The van der Waals surface area contributed by atoms with Crippen LogP contribution in [0.5, 0.6) is 0 Å². The molecule has 0 aliphatic heterocycles. The quantitative estimate of drug-likeness (QED) is 0.816. The fourth-order valence-electron chi connectivity index (χ4n) is 3.15. The zero-order valence-corrected chi connectivity index (χ0v) is 11.7. The summed E-state index contributed by atoms with van der Waals surface area (Å²) < 4.78 is 2.07. The van der Waals surface area contributed by atoms with Gasteiger partial charge in [-0.15, -0.1) is 0 Å². The highest BCUT2D eigenvalue weighted by atomic mass is 15.3. The number of hydrogen-bond donors (Lipinski definition) is 0. The molecule has 0 radical (unpaired) electrons. The number of aromatic nitrogens is 2. The summed E-state index contributed by atoms with van der Waals surface area (Å²) in [6, 6.07) is 4.78. The van der Waals surface area contributed by atoms with E-state index >= 15 is 0 Å². The highest BCUT2D eigenvalue weighted by molar-refractivity contribution is 5.17. The van der Waals surface area contributed by atoms with Gasteiger partial charge >= 0.3 is 0 Å². The third kappa shape index (κ3) is 2.43. The van der Waals surface area contributed by atoms with Crippen LogP contribution in [0, 0.1) is 22.7 Å². The van der Waals surface area contributed by atoms with Crippen molar-refractivity contribution in [3.05, 3.63) is 17.5 Å². The molecule has 1 saturated carbocycles. The number of rotatable bonds is 4. The van der Waals surface area contributed by atoms with Gasteiger partial charge in [0.2, 0.25) is 0 Å². The van der Waals surface area contributed by atoms with Gasteiger partial charge in [0, 0.05) is 18.7 Å². The molecule has 1 fully saturated rings. The van der Waals surface area contributed by atoms with E-state index in [1.54, 1.807) is 0 Å². The normalized spacial score (nSPS) is 27.3. The minimum atomic E-state index is -0.141. The van der Waals surface area contributed by atoms with Gasteiger partial charge in [0.05, 0.1) is 17.2 Å². The molecule has 1 aromatic rings. The summed E-state index contributed by atoms with van der Waals surface area (Å²) in [5.74, 6) is 0.688. The molecule has 18 heavy (non-hydrogen) atoms. The maximum Gasteiger partial charge on any atom is 0.0693 e. The lowest BCUT2D eigenvalue weighted by Crippen LogP contribution is -2.20. The molecule has 1 aliphatic carbocycles. The van der Waals surface area contributed by atoms with Crippen LogP contribution in [0.3, 0.4) is 0 Å². The fourth-order valence-corrected chi connectivity index (χ4v) is 3.15. The Hall–Kier alpha value is -1.30. The fraction of sp³-hybridized carbons (Fsp3) is 0.733. The van der Waals surface area contributed by atoms with Gasteiger partial charge in [-0.1, -0.05) is 13.8 Å². The van der Waals surface area contributed by atoms with Crippen LogP contribution in [0.25, 0.3) is 0 Å². The predicted octanol–water partition coefficient (Wildman–Crippen LogP) is 3.34. The van der Waals surface area contributed by atoms with Gasteiger partial charge in [-0.05, 0) is 44.6 Å². The Morgan fingerprint density at radius 1 is 1.56 bits per heavy atom. The second-order valence-corrected chi connectivity index (χ2v) is 5.71. The van der Waals surface area contributed by atoms with Crippen LogP contribution in [-0.2, 0) is 19.4 Å². The first-order chi connectivity index (χ1) is 8.62. The van der Waals surface area contributed by atoms with E-state index in [-0.39, 0.29) is 5.41 Å². The van der Waals surface area contributed by atoms with E-state index in [0.29, 0.717) is 5.92 Å². The van der Waals surface area contributed by atoms with Crippen molar-refractivity contribution < 1.29 is 0 Å².